The van der Waals surface area contributed by atoms with E-state index in [0.717, 1.165) is 27.4 Å². The Morgan fingerprint density at radius 1 is 1.16 bits per heavy atom. The van der Waals surface area contributed by atoms with Crippen LogP contribution in [0, 0.1) is 5.82 Å². The molecule has 2 aromatic carbocycles. The van der Waals surface area contributed by atoms with Crippen molar-refractivity contribution in [2.45, 2.75) is 19.5 Å². The van der Waals surface area contributed by atoms with Crippen molar-refractivity contribution in [3.63, 3.8) is 0 Å². The third-order valence-corrected chi connectivity index (χ3v) is 5.20. The average molecular weight is 446 g/mol. The number of fused-ring (bicyclic) bond motifs is 3. The minimum Gasteiger partial charge on any atom is -0.462 e. The lowest BCUT2D eigenvalue weighted by Gasteiger charge is -2.19. The van der Waals surface area contributed by atoms with Crippen LogP contribution < -0.4 is 0 Å². The summed E-state index contributed by atoms with van der Waals surface area (Å²) in [6.07, 6.45) is -3.23. The highest BCUT2D eigenvalue weighted by Gasteiger charge is 2.33. The van der Waals surface area contributed by atoms with E-state index in [-0.39, 0.29) is 18.7 Å². The fourth-order valence-corrected chi connectivity index (χ4v) is 3.77. The molecule has 0 saturated carbocycles. The molecule has 1 amide bonds. The van der Waals surface area contributed by atoms with Gasteiger partial charge in [-0.2, -0.15) is 13.2 Å². The first-order valence-corrected chi connectivity index (χ1v) is 9.86. The Balaban J connectivity index is 1.79. The quantitative estimate of drug-likeness (QED) is 0.459. The van der Waals surface area contributed by atoms with Crippen LogP contribution in [0.4, 0.5) is 17.6 Å². The first-order valence-electron chi connectivity index (χ1n) is 9.86. The summed E-state index contributed by atoms with van der Waals surface area (Å²) in [6, 6.07) is 9.06. The van der Waals surface area contributed by atoms with Gasteiger partial charge in [-0.1, -0.05) is 18.2 Å². The third kappa shape index (κ3) is 3.98. The van der Waals surface area contributed by atoms with Crippen molar-refractivity contribution in [1.29, 1.82) is 0 Å². The van der Waals surface area contributed by atoms with Gasteiger partial charge in [0.05, 0.1) is 23.4 Å². The molecule has 166 valence electrons. The van der Waals surface area contributed by atoms with Gasteiger partial charge in [-0.3, -0.25) is 4.79 Å². The van der Waals surface area contributed by atoms with Gasteiger partial charge in [-0.25, -0.2) is 9.18 Å². The lowest BCUT2D eigenvalue weighted by atomic mass is 10.0. The maximum atomic E-state index is 13.8. The maximum Gasteiger partial charge on any atom is 0.416 e. The number of hydrogen-bond acceptors (Lipinski definition) is 3. The van der Waals surface area contributed by atoms with E-state index in [2.05, 4.69) is 4.98 Å². The normalized spacial score (nSPS) is 14.0. The van der Waals surface area contributed by atoms with Crippen LogP contribution in [0.15, 0.2) is 48.7 Å². The fraction of sp³-hybridized carbons (Fsp3) is 0.217. The van der Waals surface area contributed by atoms with Gasteiger partial charge in [-0.15, -0.1) is 0 Å². The van der Waals surface area contributed by atoms with E-state index in [1.165, 1.54) is 6.20 Å². The molecule has 1 aliphatic rings. The number of nitrogens with zero attached hydrogens (tertiary/aromatic N) is 1. The number of rotatable bonds is 3. The Morgan fingerprint density at radius 2 is 1.91 bits per heavy atom. The molecule has 0 aliphatic carbocycles. The van der Waals surface area contributed by atoms with Gasteiger partial charge in [0.1, 0.15) is 5.82 Å². The zero-order chi connectivity index (χ0) is 23.0. The van der Waals surface area contributed by atoms with Crippen LogP contribution in [-0.2, 0) is 22.1 Å². The smallest absolute Gasteiger partial charge is 0.416 e. The van der Waals surface area contributed by atoms with E-state index in [9.17, 15) is 27.2 Å². The summed E-state index contributed by atoms with van der Waals surface area (Å²) in [5, 5.41) is 0.858. The molecule has 0 fully saturated rings. The molecule has 4 rings (SSSR count). The summed E-state index contributed by atoms with van der Waals surface area (Å²) >= 11 is 0. The molecular weight excluding hydrogens is 428 g/mol. The summed E-state index contributed by atoms with van der Waals surface area (Å²) in [5.74, 6) is -2.72. The van der Waals surface area contributed by atoms with E-state index in [1.54, 1.807) is 6.92 Å². The van der Waals surface area contributed by atoms with E-state index in [4.69, 9.17) is 4.74 Å². The number of ether oxygens (including phenoxy) is 1. The molecule has 1 aliphatic heterocycles. The average Bonchev–Trinajstić information content (AvgIpc) is 3.00. The van der Waals surface area contributed by atoms with Gasteiger partial charge >= 0.3 is 12.1 Å². The Bertz CT molecular complexity index is 1240. The number of hydrogen-bond donors (Lipinski definition) is 1. The Morgan fingerprint density at radius 3 is 2.62 bits per heavy atom. The molecule has 0 saturated heterocycles. The predicted molar refractivity (Wildman–Crippen MR) is 109 cm³/mol. The summed E-state index contributed by atoms with van der Waals surface area (Å²) in [7, 11) is 0. The van der Waals surface area contributed by atoms with Gasteiger partial charge in [-0.05, 0) is 43.2 Å². The van der Waals surface area contributed by atoms with Crippen molar-refractivity contribution >= 4 is 28.4 Å². The van der Waals surface area contributed by atoms with Gasteiger partial charge in [0.2, 0.25) is 0 Å². The highest BCUT2D eigenvalue weighted by molar-refractivity contribution is 6.18. The number of esters is 1. The Hall–Kier alpha value is -3.62. The van der Waals surface area contributed by atoms with Gasteiger partial charge < -0.3 is 14.6 Å². The van der Waals surface area contributed by atoms with E-state index in [1.807, 2.05) is 24.3 Å². The summed E-state index contributed by atoms with van der Waals surface area (Å²) in [5.41, 5.74) is 0.401. The van der Waals surface area contributed by atoms with Crippen LogP contribution in [0.2, 0.25) is 0 Å². The number of H-pyrrole nitrogens is 1. The molecule has 0 unspecified atom stereocenters. The summed E-state index contributed by atoms with van der Waals surface area (Å²) in [6.45, 7) is 1.81. The first kappa shape index (κ1) is 21.6. The number of para-hydroxylation sites is 1. The molecule has 0 bridgehead atoms. The number of halogens is 4. The molecule has 3 aromatic rings. The second-order valence-electron chi connectivity index (χ2n) is 7.26. The van der Waals surface area contributed by atoms with Crippen molar-refractivity contribution in [3.8, 4) is 0 Å². The highest BCUT2D eigenvalue weighted by Crippen LogP contribution is 2.33. The molecule has 5 nitrogen and oxygen atoms in total. The Kier molecular flexibility index (Phi) is 5.50. The number of alkyl halides is 3. The van der Waals surface area contributed by atoms with Crippen LogP contribution >= 0.6 is 0 Å². The second kappa shape index (κ2) is 8.14. The van der Waals surface area contributed by atoms with Crippen LogP contribution in [-0.4, -0.2) is 34.9 Å². The third-order valence-electron chi connectivity index (χ3n) is 5.20. The monoisotopic (exact) mass is 446 g/mol. The molecule has 1 N–H and O–H groups in total. The molecule has 32 heavy (non-hydrogen) atoms. The van der Waals surface area contributed by atoms with Crippen molar-refractivity contribution in [2.75, 3.05) is 13.2 Å². The number of aromatic nitrogens is 1. The number of benzene rings is 2. The van der Waals surface area contributed by atoms with Crippen molar-refractivity contribution in [2.24, 2.45) is 0 Å². The number of amides is 1. The van der Waals surface area contributed by atoms with E-state index in [0.29, 0.717) is 24.2 Å². The minimum atomic E-state index is -4.81. The number of carbonyl (C=O) groups excluding carboxylic acids is 2. The molecule has 0 atom stereocenters. The van der Waals surface area contributed by atoms with Crippen LogP contribution in [0.25, 0.3) is 16.5 Å². The summed E-state index contributed by atoms with van der Waals surface area (Å²) in [4.78, 5) is 30.0. The largest absolute Gasteiger partial charge is 0.462 e. The van der Waals surface area contributed by atoms with Gasteiger partial charge in [0.25, 0.3) is 5.91 Å². The van der Waals surface area contributed by atoms with E-state index < -0.39 is 35.0 Å². The molecule has 1 aromatic heterocycles. The number of nitrogens with one attached hydrogen (secondary N) is 1. The lowest BCUT2D eigenvalue weighted by Crippen LogP contribution is -2.28. The van der Waals surface area contributed by atoms with Crippen molar-refractivity contribution < 1.29 is 31.9 Å². The molecule has 2 heterocycles. The number of aromatic amines is 1. The SMILES string of the molecule is CCOC(=O)C1=CN(C(=O)c2cc(F)cc(C(F)(F)F)c2)CCc2c1[nH]c1ccccc21. The number of carbonyl (C=O) groups is 2. The van der Waals surface area contributed by atoms with Gasteiger partial charge in [0, 0.05) is 29.2 Å². The first-order chi connectivity index (χ1) is 15.2. The van der Waals surface area contributed by atoms with Crippen LogP contribution in [0.1, 0.15) is 34.1 Å². The predicted octanol–water partition coefficient (Wildman–Crippen LogP) is 4.93. The standard InChI is InChI=1S/C23H18F4N2O3/c1-2-32-22(31)18-12-29(8-7-17-16-5-3-4-6-19(16)28-20(17)18)21(30)13-9-14(23(25,26)27)11-15(24)10-13/h3-6,9-12,28H,2,7-8H2,1H3. The second-order valence-corrected chi connectivity index (χ2v) is 7.26. The van der Waals surface area contributed by atoms with Crippen LogP contribution in [0.5, 0.6) is 0 Å². The van der Waals surface area contributed by atoms with Crippen molar-refractivity contribution in [1.82, 2.24) is 9.88 Å². The zero-order valence-electron chi connectivity index (χ0n) is 16.9. The maximum absolute atomic E-state index is 13.8. The lowest BCUT2D eigenvalue weighted by molar-refractivity contribution is -0.138. The fourth-order valence-electron chi connectivity index (χ4n) is 3.77. The van der Waals surface area contributed by atoms with E-state index >= 15 is 0 Å². The molecule has 0 spiro atoms. The molecule has 0 radical (unpaired) electrons. The Labute approximate surface area is 180 Å². The molecule has 9 heteroatoms. The topological polar surface area (TPSA) is 62.4 Å². The zero-order valence-corrected chi connectivity index (χ0v) is 16.9. The van der Waals surface area contributed by atoms with Gasteiger partial charge in [0.15, 0.2) is 0 Å². The van der Waals surface area contributed by atoms with Crippen LogP contribution in [0.3, 0.4) is 0 Å². The summed E-state index contributed by atoms with van der Waals surface area (Å²) < 4.78 is 58.2. The minimum absolute atomic E-state index is 0.0661. The highest BCUT2D eigenvalue weighted by atomic mass is 19.4. The molecular formula is C23H18F4N2O3. The van der Waals surface area contributed by atoms with Crippen molar-refractivity contribution in [3.05, 3.63) is 76.9 Å².